The third-order valence-corrected chi connectivity index (χ3v) is 2.46. The number of halogens is 4. The Labute approximate surface area is 115 Å². The topological polar surface area (TPSA) is 68.3 Å². The molecular formula is C5H5F4O4S2Y-. The van der Waals surface area contributed by atoms with Crippen LogP contribution in [0.2, 0.25) is 0 Å². The van der Waals surface area contributed by atoms with Crippen molar-refractivity contribution in [3.63, 3.8) is 0 Å². The molecule has 0 bridgehead atoms. The van der Waals surface area contributed by atoms with Crippen molar-refractivity contribution >= 4 is 20.4 Å². The molecule has 0 fully saturated rings. The van der Waals surface area contributed by atoms with Gasteiger partial charge in [0.05, 0.1) is 0 Å². The summed E-state index contributed by atoms with van der Waals surface area (Å²) in [6.07, 6.45) is -2.65. The minimum absolute atomic E-state index is 0. The largest absolute Gasteiger partial charge is 0.290 e. The van der Waals surface area contributed by atoms with Crippen molar-refractivity contribution in [3.05, 3.63) is 18.1 Å². The first kappa shape index (κ1) is 18.7. The second-order valence-electron chi connectivity index (χ2n) is 2.46. The molecule has 0 saturated heterocycles. The zero-order valence-corrected chi connectivity index (χ0v) is 12.0. The smallest absolute Gasteiger partial charge is 0.289 e. The van der Waals surface area contributed by atoms with Crippen LogP contribution in [0.3, 0.4) is 0 Å². The second kappa shape index (κ2) is 6.92. The average Bonchev–Trinajstić information content (AvgIpc) is 1.73. The average molecular weight is 358 g/mol. The van der Waals surface area contributed by atoms with E-state index in [4.69, 9.17) is 0 Å². The molecule has 0 amide bonds. The summed E-state index contributed by atoms with van der Waals surface area (Å²) < 4.78 is 87.5. The van der Waals surface area contributed by atoms with Gasteiger partial charge in [-0.1, -0.05) is 0 Å². The zero-order valence-electron chi connectivity index (χ0n) is 7.53. The minimum Gasteiger partial charge on any atom is -0.289 e. The molecule has 0 heterocycles. The summed E-state index contributed by atoms with van der Waals surface area (Å²) in [5, 5.41) is 0. The predicted octanol–water partition coefficient (Wildman–Crippen LogP) is 0.937. The summed E-state index contributed by atoms with van der Waals surface area (Å²) in [7, 11) is -10.4. The molecule has 0 aromatic rings. The number of rotatable bonds is 5. The van der Waals surface area contributed by atoms with Crippen LogP contribution in [-0.4, -0.2) is 28.3 Å². The number of allylic oxidation sites excluding steroid dienone is 1. The molecule has 0 aromatic heterocycles. The Bertz CT molecular complexity index is 405. The molecule has 93 valence electrons. The molecule has 0 unspecified atom stereocenters. The van der Waals surface area contributed by atoms with Crippen molar-refractivity contribution in [3.8, 4) is 0 Å². The molecule has 0 N–H and O–H groups in total. The second-order valence-corrected chi connectivity index (χ2v) is 5.19. The van der Waals surface area contributed by atoms with Crippen LogP contribution >= 0.6 is 0 Å². The van der Waals surface area contributed by atoms with Crippen LogP contribution in [0.25, 0.3) is 0 Å². The van der Waals surface area contributed by atoms with Crippen LogP contribution in [0.1, 0.15) is 0 Å². The van der Waals surface area contributed by atoms with Crippen LogP contribution in [0.15, 0.2) is 12.2 Å². The van der Waals surface area contributed by atoms with E-state index in [0.717, 1.165) is 0 Å². The molecule has 0 aromatic carbocycles. The van der Waals surface area contributed by atoms with E-state index in [2.05, 4.69) is 0 Å². The Morgan fingerprint density at radius 1 is 1.00 bits per heavy atom. The molecule has 16 heavy (non-hydrogen) atoms. The molecular weight excluding hydrogens is 353 g/mol. The first-order chi connectivity index (χ1) is 6.49. The van der Waals surface area contributed by atoms with E-state index in [1.165, 1.54) is 0 Å². The van der Waals surface area contributed by atoms with Gasteiger partial charge in [0.2, 0.25) is 0 Å². The van der Waals surface area contributed by atoms with Gasteiger partial charge in [-0.2, -0.15) is 28.8 Å². The zero-order chi connectivity index (χ0) is 12.3. The molecule has 0 atom stereocenters. The van der Waals surface area contributed by atoms with Gasteiger partial charge in [-0.3, -0.25) is 8.78 Å². The van der Waals surface area contributed by atoms with Crippen LogP contribution in [0.4, 0.5) is 16.6 Å². The van der Waals surface area contributed by atoms with Gasteiger partial charge >= 0.3 is 0 Å². The maximum absolute atomic E-state index is 12.0. The van der Waals surface area contributed by atoms with E-state index < -0.39 is 44.0 Å². The molecule has 1 radical (unpaired) electrons. The summed E-state index contributed by atoms with van der Waals surface area (Å²) in [6.45, 7) is 0. The van der Waals surface area contributed by atoms with E-state index in [0.29, 0.717) is 0 Å². The Morgan fingerprint density at radius 2 is 1.31 bits per heavy atom. The summed E-state index contributed by atoms with van der Waals surface area (Å²) in [5.74, 6) is -4.26. The maximum Gasteiger partial charge on any atom is 0.290 e. The van der Waals surface area contributed by atoms with Crippen LogP contribution in [-0.2, 0) is 53.2 Å². The van der Waals surface area contributed by atoms with Gasteiger partial charge in [-0.25, -0.2) is 0 Å². The Balaban J connectivity index is 0. The molecule has 0 rings (SSSR count). The first-order valence-corrected chi connectivity index (χ1v) is 6.32. The van der Waals surface area contributed by atoms with Gasteiger partial charge in [0.15, 0.2) is 0 Å². The fourth-order valence-corrected chi connectivity index (χ4v) is 2.11. The van der Waals surface area contributed by atoms with E-state index in [1.54, 1.807) is 0 Å². The first-order valence-electron chi connectivity index (χ1n) is 3.22. The van der Waals surface area contributed by atoms with Gasteiger partial charge in [-0.15, -0.1) is 7.77 Å². The van der Waals surface area contributed by atoms with E-state index >= 15 is 0 Å². The molecule has 4 nitrogen and oxygen atoms in total. The normalized spacial score (nSPS) is 11.5. The van der Waals surface area contributed by atoms with Crippen molar-refractivity contribution in [2.75, 3.05) is 11.5 Å². The van der Waals surface area contributed by atoms with Crippen molar-refractivity contribution in [2.45, 2.75) is 0 Å². The molecule has 0 saturated carbocycles. The van der Waals surface area contributed by atoms with Crippen molar-refractivity contribution in [1.29, 1.82) is 0 Å². The molecule has 11 heteroatoms. The fourth-order valence-electron chi connectivity index (χ4n) is 0.722. The molecule has 0 aliphatic carbocycles. The standard InChI is InChI=1S/C5H5F4O4S2.Y/c6-5(7)1-4(2-14(8,10)11)3-15(9,12)13;/h1H,2-3H2;/q-1;. The van der Waals surface area contributed by atoms with Crippen molar-refractivity contribution in [1.82, 2.24) is 0 Å². The Hall–Kier alpha value is 0.334. The van der Waals surface area contributed by atoms with Gasteiger partial charge in [-0.05, 0) is 0 Å². The van der Waals surface area contributed by atoms with Crippen LogP contribution < -0.4 is 0 Å². The fraction of sp³-hybridized carbons (Fsp3) is 0.400. The number of hydrogen-bond donors (Lipinski definition) is 0. The molecule has 0 spiro atoms. The van der Waals surface area contributed by atoms with Gasteiger partial charge < -0.3 is 0 Å². The van der Waals surface area contributed by atoms with Crippen molar-refractivity contribution in [2.24, 2.45) is 0 Å². The molecule has 0 aliphatic rings. The van der Waals surface area contributed by atoms with E-state index in [9.17, 15) is 33.4 Å². The van der Waals surface area contributed by atoms with Crippen LogP contribution in [0.5, 0.6) is 0 Å². The summed E-state index contributed by atoms with van der Waals surface area (Å²) in [5.41, 5.74) is 0. The molecule has 0 aliphatic heterocycles. The SMILES string of the molecule is O=S(=O)(F)C[C-](C=C(F)F)CS(=O)(=O)F.[Y]. The third-order valence-electron chi connectivity index (χ3n) is 1.03. The van der Waals surface area contributed by atoms with E-state index in [-0.39, 0.29) is 38.8 Å². The Morgan fingerprint density at radius 3 is 1.50 bits per heavy atom. The summed E-state index contributed by atoms with van der Waals surface area (Å²) >= 11 is 0. The van der Waals surface area contributed by atoms with Crippen LogP contribution in [0, 0.1) is 5.92 Å². The monoisotopic (exact) mass is 358 g/mol. The van der Waals surface area contributed by atoms with Gasteiger partial charge in [0, 0.05) is 44.2 Å². The summed E-state index contributed by atoms with van der Waals surface area (Å²) in [4.78, 5) is 0. The minimum atomic E-state index is -5.19. The quantitative estimate of drug-likeness (QED) is 0.417. The Kier molecular flexibility index (Phi) is 8.09. The maximum atomic E-state index is 12.0. The van der Waals surface area contributed by atoms with Gasteiger partial charge in [0.1, 0.15) is 6.08 Å². The van der Waals surface area contributed by atoms with Gasteiger partial charge in [0.25, 0.3) is 20.4 Å². The van der Waals surface area contributed by atoms with Crippen molar-refractivity contribution < 1.29 is 66.1 Å². The summed E-state index contributed by atoms with van der Waals surface area (Å²) in [6, 6.07) is 0. The third kappa shape index (κ3) is 12.4. The van der Waals surface area contributed by atoms with E-state index in [1.807, 2.05) is 0 Å². The number of hydrogen-bond acceptors (Lipinski definition) is 4. The predicted molar refractivity (Wildman–Crippen MR) is 43.3 cm³/mol.